The highest BCUT2D eigenvalue weighted by Gasteiger charge is 2.15. The van der Waals surface area contributed by atoms with Crippen molar-refractivity contribution in [2.45, 2.75) is 27.3 Å². The minimum atomic E-state index is -0.771. The Morgan fingerprint density at radius 2 is 2.04 bits per heavy atom. The summed E-state index contributed by atoms with van der Waals surface area (Å²) in [5, 5.41) is 2.81. The van der Waals surface area contributed by atoms with E-state index >= 15 is 0 Å². The number of halogens is 1. The summed E-state index contributed by atoms with van der Waals surface area (Å²) in [6.07, 6.45) is 1.28. The van der Waals surface area contributed by atoms with E-state index in [1.807, 2.05) is 13.8 Å². The van der Waals surface area contributed by atoms with Crippen LogP contribution in [-0.4, -0.2) is 28.0 Å². The first-order chi connectivity index (χ1) is 13.3. The molecule has 0 atom stereocenters. The van der Waals surface area contributed by atoms with E-state index < -0.39 is 24.3 Å². The molecule has 2 heterocycles. The highest BCUT2D eigenvalue weighted by molar-refractivity contribution is 7.18. The van der Waals surface area contributed by atoms with Crippen LogP contribution < -0.4 is 10.9 Å². The third-order valence-electron chi connectivity index (χ3n) is 4.22. The number of esters is 1. The van der Waals surface area contributed by atoms with Gasteiger partial charge in [-0.05, 0) is 44.0 Å². The first-order valence-electron chi connectivity index (χ1n) is 8.43. The quantitative estimate of drug-likeness (QED) is 0.662. The van der Waals surface area contributed by atoms with Crippen molar-refractivity contribution >= 4 is 39.1 Å². The smallest absolute Gasteiger partial charge is 0.326 e. The molecule has 1 aromatic carbocycles. The second kappa shape index (κ2) is 7.89. The number of nitrogens with one attached hydrogen (secondary N) is 1. The normalized spacial score (nSPS) is 10.9. The fourth-order valence-corrected chi connectivity index (χ4v) is 3.61. The number of benzene rings is 1. The molecule has 0 unspecified atom stereocenters. The van der Waals surface area contributed by atoms with E-state index in [1.165, 1.54) is 29.8 Å². The Hall–Kier alpha value is -3.07. The Morgan fingerprint density at radius 3 is 2.75 bits per heavy atom. The van der Waals surface area contributed by atoms with E-state index in [1.54, 1.807) is 13.0 Å². The molecule has 3 rings (SSSR count). The number of carbonyl (C=O) groups is 2. The number of aryl methyl sites for hydroxylation is 3. The molecule has 0 spiro atoms. The fraction of sp³-hybridized carbons (Fsp3) is 0.263. The summed E-state index contributed by atoms with van der Waals surface area (Å²) >= 11 is 1.41. The van der Waals surface area contributed by atoms with Crippen LogP contribution in [0.2, 0.25) is 0 Å². The summed E-state index contributed by atoms with van der Waals surface area (Å²) in [6.45, 7) is 4.49. The summed E-state index contributed by atoms with van der Waals surface area (Å²) < 4.78 is 19.8. The maximum atomic E-state index is 13.7. The topological polar surface area (TPSA) is 90.3 Å². The van der Waals surface area contributed by atoms with Crippen LogP contribution in [0.1, 0.15) is 16.0 Å². The number of rotatable bonds is 5. The zero-order valence-corrected chi connectivity index (χ0v) is 16.4. The molecule has 0 saturated carbocycles. The number of fused-ring (bicyclic) bond motifs is 1. The SMILES string of the molecule is Cc1ccc(NC(=O)COC(=O)Cn2cnc3sc(C)c(C)c3c2=O)c(F)c1. The number of hydrogen-bond acceptors (Lipinski definition) is 6. The van der Waals surface area contributed by atoms with E-state index in [4.69, 9.17) is 4.74 Å². The number of nitrogens with zero attached hydrogens (tertiary/aromatic N) is 2. The molecule has 146 valence electrons. The van der Waals surface area contributed by atoms with Gasteiger partial charge in [-0.2, -0.15) is 0 Å². The Morgan fingerprint density at radius 1 is 1.29 bits per heavy atom. The van der Waals surface area contributed by atoms with E-state index in [9.17, 15) is 18.8 Å². The van der Waals surface area contributed by atoms with Gasteiger partial charge in [0.25, 0.3) is 11.5 Å². The Labute approximate surface area is 163 Å². The third-order valence-corrected chi connectivity index (χ3v) is 5.33. The maximum absolute atomic E-state index is 13.7. The molecular weight excluding hydrogens is 385 g/mol. The van der Waals surface area contributed by atoms with E-state index in [0.717, 1.165) is 15.0 Å². The van der Waals surface area contributed by atoms with Crippen LogP contribution in [0.3, 0.4) is 0 Å². The monoisotopic (exact) mass is 403 g/mol. The lowest BCUT2D eigenvalue weighted by Gasteiger charge is -2.09. The molecule has 1 N–H and O–H groups in total. The summed E-state index contributed by atoms with van der Waals surface area (Å²) in [5.74, 6) is -2.03. The lowest BCUT2D eigenvalue weighted by atomic mass is 10.2. The number of carbonyl (C=O) groups excluding carboxylic acids is 2. The van der Waals surface area contributed by atoms with Crippen LogP contribution in [0.15, 0.2) is 29.3 Å². The number of aromatic nitrogens is 2. The van der Waals surface area contributed by atoms with Gasteiger partial charge in [0.2, 0.25) is 0 Å². The molecule has 0 aliphatic carbocycles. The van der Waals surface area contributed by atoms with Gasteiger partial charge in [0, 0.05) is 4.88 Å². The lowest BCUT2D eigenvalue weighted by Crippen LogP contribution is -2.28. The van der Waals surface area contributed by atoms with Gasteiger partial charge in [-0.3, -0.25) is 19.0 Å². The Bertz CT molecular complexity index is 1140. The summed E-state index contributed by atoms with van der Waals surface area (Å²) in [6, 6.07) is 4.36. The van der Waals surface area contributed by atoms with Gasteiger partial charge in [0.15, 0.2) is 6.61 Å². The average molecular weight is 403 g/mol. The van der Waals surface area contributed by atoms with Crippen LogP contribution in [0.5, 0.6) is 0 Å². The van der Waals surface area contributed by atoms with E-state index in [2.05, 4.69) is 10.3 Å². The molecule has 7 nitrogen and oxygen atoms in total. The van der Waals surface area contributed by atoms with Crippen LogP contribution in [0.25, 0.3) is 10.2 Å². The predicted molar refractivity (Wildman–Crippen MR) is 104 cm³/mol. The largest absolute Gasteiger partial charge is 0.454 e. The molecule has 1 amide bonds. The highest BCUT2D eigenvalue weighted by atomic mass is 32.1. The van der Waals surface area contributed by atoms with Gasteiger partial charge in [0.1, 0.15) is 17.2 Å². The van der Waals surface area contributed by atoms with E-state index in [-0.39, 0.29) is 17.8 Å². The zero-order chi connectivity index (χ0) is 20.4. The second-order valence-electron chi connectivity index (χ2n) is 6.33. The van der Waals surface area contributed by atoms with Crippen molar-refractivity contribution in [3.8, 4) is 0 Å². The standard InChI is InChI=1S/C19H18FN3O4S/c1-10-4-5-14(13(20)6-10)22-15(24)8-27-16(25)7-23-9-21-18-17(19(23)26)11(2)12(3)28-18/h4-6,9H,7-8H2,1-3H3,(H,22,24). The molecule has 0 aliphatic rings. The van der Waals surface area contributed by atoms with Crippen molar-refractivity contribution in [3.05, 3.63) is 56.7 Å². The van der Waals surface area contributed by atoms with Gasteiger partial charge in [-0.15, -0.1) is 11.3 Å². The van der Waals surface area contributed by atoms with Gasteiger partial charge in [-0.1, -0.05) is 6.07 Å². The first kappa shape index (κ1) is 19.7. The predicted octanol–water partition coefficient (Wildman–Crippen LogP) is 2.70. The minimum Gasteiger partial charge on any atom is -0.454 e. The number of anilines is 1. The molecule has 2 aromatic heterocycles. The highest BCUT2D eigenvalue weighted by Crippen LogP contribution is 2.25. The van der Waals surface area contributed by atoms with Crippen molar-refractivity contribution in [1.82, 2.24) is 9.55 Å². The third kappa shape index (κ3) is 4.09. The number of amides is 1. The van der Waals surface area contributed by atoms with Crippen molar-refractivity contribution in [3.63, 3.8) is 0 Å². The van der Waals surface area contributed by atoms with Gasteiger partial charge >= 0.3 is 5.97 Å². The maximum Gasteiger partial charge on any atom is 0.326 e. The van der Waals surface area contributed by atoms with Crippen molar-refractivity contribution in [2.75, 3.05) is 11.9 Å². The summed E-state index contributed by atoms with van der Waals surface area (Å²) in [4.78, 5) is 42.2. The summed E-state index contributed by atoms with van der Waals surface area (Å²) in [5.41, 5.74) is 1.21. The van der Waals surface area contributed by atoms with Gasteiger partial charge < -0.3 is 10.1 Å². The zero-order valence-electron chi connectivity index (χ0n) is 15.5. The van der Waals surface area contributed by atoms with Crippen molar-refractivity contribution in [2.24, 2.45) is 0 Å². The number of thiophene rings is 1. The molecule has 0 bridgehead atoms. The molecule has 0 fully saturated rings. The first-order valence-corrected chi connectivity index (χ1v) is 9.24. The van der Waals surface area contributed by atoms with Crippen LogP contribution in [0.4, 0.5) is 10.1 Å². The van der Waals surface area contributed by atoms with Crippen molar-refractivity contribution < 1.29 is 18.7 Å². The molecule has 0 radical (unpaired) electrons. The average Bonchev–Trinajstić information content (AvgIpc) is 2.93. The van der Waals surface area contributed by atoms with Gasteiger partial charge in [-0.25, -0.2) is 9.37 Å². The second-order valence-corrected chi connectivity index (χ2v) is 7.54. The Balaban J connectivity index is 1.62. The van der Waals surface area contributed by atoms with E-state index in [0.29, 0.717) is 15.8 Å². The molecule has 3 aromatic rings. The number of hydrogen-bond donors (Lipinski definition) is 1. The summed E-state index contributed by atoms with van der Waals surface area (Å²) in [7, 11) is 0. The molecule has 0 aliphatic heterocycles. The lowest BCUT2D eigenvalue weighted by molar-refractivity contribution is -0.147. The van der Waals surface area contributed by atoms with Gasteiger partial charge in [0.05, 0.1) is 17.4 Å². The molecular formula is C19H18FN3O4S. The van der Waals surface area contributed by atoms with Crippen LogP contribution in [0, 0.1) is 26.6 Å². The fourth-order valence-electron chi connectivity index (χ4n) is 2.62. The molecule has 28 heavy (non-hydrogen) atoms. The van der Waals surface area contributed by atoms with Crippen molar-refractivity contribution in [1.29, 1.82) is 0 Å². The minimum absolute atomic E-state index is 0.000762. The van der Waals surface area contributed by atoms with Crippen LogP contribution in [-0.2, 0) is 20.9 Å². The van der Waals surface area contributed by atoms with Crippen LogP contribution >= 0.6 is 11.3 Å². The number of ether oxygens (including phenoxy) is 1. The Kier molecular flexibility index (Phi) is 5.55. The molecule has 9 heteroatoms. The molecule has 0 saturated heterocycles.